The molecule has 5 nitrogen and oxygen atoms in total. The summed E-state index contributed by atoms with van der Waals surface area (Å²) in [4.78, 5) is 16.8. The van der Waals surface area contributed by atoms with Crippen LogP contribution in [-0.2, 0) is 14.6 Å². The van der Waals surface area contributed by atoms with Crippen LogP contribution in [-0.4, -0.2) is 67.3 Å². The number of likely N-dealkylation sites (N-methyl/N-ethyl adjacent to an activating group) is 1. The second-order valence-electron chi connectivity index (χ2n) is 6.12. The van der Waals surface area contributed by atoms with Gasteiger partial charge in [-0.3, -0.25) is 9.69 Å². The van der Waals surface area contributed by atoms with E-state index in [2.05, 4.69) is 25.8 Å². The molecule has 2 fully saturated rings. The number of hydrogen-bond acceptors (Lipinski definition) is 4. The Morgan fingerprint density at radius 3 is 2.32 bits per heavy atom. The van der Waals surface area contributed by atoms with Gasteiger partial charge in [-0.2, -0.15) is 0 Å². The van der Waals surface area contributed by atoms with Gasteiger partial charge in [0.1, 0.15) is 0 Å². The van der Waals surface area contributed by atoms with Gasteiger partial charge in [0, 0.05) is 24.7 Å². The Hall–Kier alpha value is -0.620. The summed E-state index contributed by atoms with van der Waals surface area (Å²) in [6.07, 6.45) is 0.487. The molecule has 4 atom stereocenters. The fourth-order valence-corrected chi connectivity index (χ4v) is 5.02. The summed E-state index contributed by atoms with van der Waals surface area (Å²) in [7, 11) is -0.927. The van der Waals surface area contributed by atoms with Crippen molar-refractivity contribution in [2.24, 2.45) is 5.92 Å². The highest BCUT2D eigenvalue weighted by Crippen LogP contribution is 2.27. The minimum Gasteiger partial charge on any atom is -0.334 e. The first kappa shape index (κ1) is 14.8. The Balaban J connectivity index is 2.14. The molecule has 0 aromatic rings. The van der Waals surface area contributed by atoms with Gasteiger partial charge in [0.15, 0.2) is 9.84 Å². The second-order valence-corrected chi connectivity index (χ2v) is 8.34. The monoisotopic (exact) mass is 288 g/mol. The molecule has 0 bridgehead atoms. The van der Waals surface area contributed by atoms with E-state index < -0.39 is 9.84 Å². The average Bonchev–Trinajstić information content (AvgIpc) is 2.66. The van der Waals surface area contributed by atoms with E-state index in [0.717, 1.165) is 6.54 Å². The Morgan fingerprint density at radius 2 is 1.79 bits per heavy atom. The lowest BCUT2D eigenvalue weighted by atomic mass is 9.97. The van der Waals surface area contributed by atoms with Crippen molar-refractivity contribution in [2.75, 3.05) is 25.1 Å². The van der Waals surface area contributed by atoms with E-state index in [4.69, 9.17) is 0 Å². The predicted molar refractivity (Wildman–Crippen MR) is 74.6 cm³/mol. The molecule has 4 unspecified atom stereocenters. The lowest BCUT2D eigenvalue weighted by Crippen LogP contribution is -2.62. The van der Waals surface area contributed by atoms with Crippen LogP contribution in [0.1, 0.15) is 27.2 Å². The van der Waals surface area contributed by atoms with Crippen molar-refractivity contribution in [1.82, 2.24) is 9.80 Å². The summed E-state index contributed by atoms with van der Waals surface area (Å²) in [6, 6.07) is 0.578. The van der Waals surface area contributed by atoms with Crippen LogP contribution in [0, 0.1) is 5.92 Å². The van der Waals surface area contributed by atoms with Gasteiger partial charge in [-0.05, 0) is 34.2 Å². The largest absolute Gasteiger partial charge is 0.334 e. The van der Waals surface area contributed by atoms with Crippen LogP contribution < -0.4 is 0 Å². The minimum atomic E-state index is -3.00. The summed E-state index contributed by atoms with van der Waals surface area (Å²) in [6.45, 7) is 7.05. The van der Waals surface area contributed by atoms with Crippen molar-refractivity contribution in [2.45, 2.75) is 45.3 Å². The van der Waals surface area contributed by atoms with Crippen molar-refractivity contribution < 1.29 is 13.2 Å². The van der Waals surface area contributed by atoms with Crippen LogP contribution in [0.4, 0.5) is 0 Å². The van der Waals surface area contributed by atoms with E-state index in [0.29, 0.717) is 12.5 Å². The van der Waals surface area contributed by atoms with E-state index in [9.17, 15) is 13.2 Å². The maximum Gasteiger partial charge on any atom is 0.227 e. The first-order valence-corrected chi connectivity index (χ1v) is 8.78. The third kappa shape index (κ3) is 2.79. The van der Waals surface area contributed by atoms with Gasteiger partial charge in [0.2, 0.25) is 5.91 Å². The predicted octanol–water partition coefficient (Wildman–Crippen LogP) is 0.361. The number of carbonyl (C=O) groups excluding carboxylic acids is 1. The first-order chi connectivity index (χ1) is 8.73. The van der Waals surface area contributed by atoms with Gasteiger partial charge in [-0.1, -0.05) is 0 Å². The molecule has 110 valence electrons. The summed E-state index contributed by atoms with van der Waals surface area (Å²) >= 11 is 0. The number of piperazine rings is 1. The molecule has 0 N–H and O–H groups in total. The Morgan fingerprint density at radius 1 is 1.16 bits per heavy atom. The zero-order chi connectivity index (χ0) is 14.4. The third-order valence-electron chi connectivity index (χ3n) is 4.70. The highest BCUT2D eigenvalue weighted by molar-refractivity contribution is 7.91. The number of hydrogen-bond donors (Lipinski definition) is 0. The fourth-order valence-electron chi connectivity index (χ4n) is 3.29. The molecule has 6 heteroatoms. The summed E-state index contributed by atoms with van der Waals surface area (Å²) in [5.41, 5.74) is 0. The first-order valence-electron chi connectivity index (χ1n) is 6.96. The van der Waals surface area contributed by atoms with E-state index in [1.165, 1.54) is 0 Å². The maximum absolute atomic E-state index is 12.6. The molecular formula is C13H24N2O3S. The Bertz CT molecular complexity index is 463. The van der Waals surface area contributed by atoms with Crippen LogP contribution in [0.15, 0.2) is 0 Å². The summed E-state index contributed by atoms with van der Waals surface area (Å²) in [5.74, 6) is -0.104. The average molecular weight is 288 g/mol. The van der Waals surface area contributed by atoms with Crippen molar-refractivity contribution in [3.63, 3.8) is 0 Å². The molecule has 0 saturated carbocycles. The smallest absolute Gasteiger partial charge is 0.227 e. The molecule has 2 saturated heterocycles. The number of amides is 1. The highest BCUT2D eigenvalue weighted by Gasteiger charge is 2.42. The van der Waals surface area contributed by atoms with Gasteiger partial charge in [0.25, 0.3) is 0 Å². The van der Waals surface area contributed by atoms with E-state index >= 15 is 0 Å². The third-order valence-corrected chi connectivity index (χ3v) is 6.46. The molecule has 2 aliphatic rings. The van der Waals surface area contributed by atoms with E-state index in [-0.39, 0.29) is 35.4 Å². The molecule has 0 aromatic carbocycles. The lowest BCUT2D eigenvalue weighted by molar-refractivity contribution is -0.144. The van der Waals surface area contributed by atoms with Crippen LogP contribution in [0.2, 0.25) is 0 Å². The van der Waals surface area contributed by atoms with Crippen LogP contribution in [0.3, 0.4) is 0 Å². The quantitative estimate of drug-likeness (QED) is 0.699. The molecule has 0 spiro atoms. The molecule has 1 amide bonds. The Kier molecular flexibility index (Phi) is 3.93. The van der Waals surface area contributed by atoms with Crippen molar-refractivity contribution in [3.05, 3.63) is 0 Å². The molecule has 2 heterocycles. The van der Waals surface area contributed by atoms with Crippen LogP contribution in [0.5, 0.6) is 0 Å². The van der Waals surface area contributed by atoms with Gasteiger partial charge in [-0.15, -0.1) is 0 Å². The molecular weight excluding hydrogens is 264 g/mol. The van der Waals surface area contributed by atoms with Crippen molar-refractivity contribution in [3.8, 4) is 0 Å². The standard InChI is InChI=1S/C13H24N2O3S/c1-9-7-14(4)10(2)11(3)15(9)13(16)12-5-6-19(17,18)8-12/h9-12H,5-8H2,1-4H3. The number of nitrogens with zero attached hydrogens (tertiary/aromatic N) is 2. The number of sulfone groups is 1. The van der Waals surface area contributed by atoms with Gasteiger partial charge in [0.05, 0.1) is 17.4 Å². The maximum atomic E-state index is 12.6. The summed E-state index contributed by atoms with van der Waals surface area (Å²) in [5, 5.41) is 0. The topological polar surface area (TPSA) is 57.7 Å². The van der Waals surface area contributed by atoms with Crippen LogP contribution >= 0.6 is 0 Å². The van der Waals surface area contributed by atoms with E-state index in [1.807, 2.05) is 11.8 Å². The number of rotatable bonds is 1. The zero-order valence-corrected chi connectivity index (χ0v) is 13.0. The van der Waals surface area contributed by atoms with Gasteiger partial charge >= 0.3 is 0 Å². The lowest BCUT2D eigenvalue weighted by Gasteiger charge is -2.48. The summed E-state index contributed by atoms with van der Waals surface area (Å²) < 4.78 is 23.1. The molecule has 0 radical (unpaired) electrons. The SMILES string of the molecule is CC1C(C)N(C(=O)C2CCS(=O)(=O)C2)C(C)CN1C. The highest BCUT2D eigenvalue weighted by atomic mass is 32.2. The zero-order valence-electron chi connectivity index (χ0n) is 12.2. The number of carbonyl (C=O) groups is 1. The van der Waals surface area contributed by atoms with Gasteiger partial charge in [-0.25, -0.2) is 8.42 Å². The van der Waals surface area contributed by atoms with E-state index in [1.54, 1.807) is 0 Å². The van der Waals surface area contributed by atoms with Gasteiger partial charge < -0.3 is 4.90 Å². The molecule has 19 heavy (non-hydrogen) atoms. The normalized spacial score (nSPS) is 39.5. The molecule has 2 rings (SSSR count). The fraction of sp³-hybridized carbons (Fsp3) is 0.923. The minimum absolute atomic E-state index is 0.0287. The Labute approximate surface area is 115 Å². The molecule has 0 aromatic heterocycles. The molecule has 0 aliphatic carbocycles. The van der Waals surface area contributed by atoms with Crippen molar-refractivity contribution in [1.29, 1.82) is 0 Å². The second kappa shape index (κ2) is 5.05. The molecule has 2 aliphatic heterocycles. The van der Waals surface area contributed by atoms with Crippen LogP contribution in [0.25, 0.3) is 0 Å². The van der Waals surface area contributed by atoms with Crippen molar-refractivity contribution >= 4 is 15.7 Å².